The number of carboxylic acid groups (broad SMARTS) is 1. The number of alkyl halides is 1. The normalized spacial score (nSPS) is 24.4. The van der Waals surface area contributed by atoms with Gasteiger partial charge in [-0.05, 0) is 43.2 Å². The highest BCUT2D eigenvalue weighted by Crippen LogP contribution is 2.45. The lowest BCUT2D eigenvalue weighted by Gasteiger charge is -2.29. The molecule has 1 aromatic rings. The van der Waals surface area contributed by atoms with Crippen molar-refractivity contribution in [1.82, 2.24) is 10.6 Å². The van der Waals surface area contributed by atoms with Crippen LogP contribution in [-0.2, 0) is 32.0 Å². The van der Waals surface area contributed by atoms with E-state index >= 15 is 0 Å². The second-order valence-electron chi connectivity index (χ2n) is 9.06. The molecule has 0 aromatic heterocycles. The number of nitrogens with one attached hydrogen (secondary N) is 2. The first-order valence-corrected chi connectivity index (χ1v) is 12.6. The van der Waals surface area contributed by atoms with E-state index in [2.05, 4.69) is 17.6 Å². The Morgan fingerprint density at radius 2 is 1.88 bits per heavy atom. The van der Waals surface area contributed by atoms with Crippen LogP contribution >= 0.6 is 11.6 Å². The molecule has 33 heavy (non-hydrogen) atoms. The maximum absolute atomic E-state index is 13.3. The lowest BCUT2D eigenvalue weighted by molar-refractivity contribution is -0.137. The van der Waals surface area contributed by atoms with E-state index in [4.69, 9.17) is 21.4 Å². The monoisotopic (exact) mass is 478 g/mol. The van der Waals surface area contributed by atoms with Crippen molar-refractivity contribution in [2.45, 2.75) is 76.5 Å². The molecule has 3 rings (SSSR count). The molecule has 0 saturated carbocycles. The van der Waals surface area contributed by atoms with Crippen LogP contribution in [0.1, 0.15) is 56.6 Å². The first-order chi connectivity index (χ1) is 15.9. The molecule has 2 saturated heterocycles. The van der Waals surface area contributed by atoms with Crippen LogP contribution in [0, 0.1) is 11.8 Å². The molecular weight excluding hydrogens is 444 g/mol. The molecule has 2 aliphatic heterocycles. The quantitative estimate of drug-likeness (QED) is 0.298. The number of rotatable bonds is 13. The molecule has 2 amide bonds. The molecule has 1 unspecified atom stereocenters. The van der Waals surface area contributed by atoms with Crippen LogP contribution in [0.5, 0.6) is 0 Å². The fourth-order valence-electron chi connectivity index (χ4n) is 5.04. The van der Waals surface area contributed by atoms with Gasteiger partial charge in [0.05, 0.1) is 24.0 Å². The number of hydrogen-bond acceptors (Lipinski definition) is 4. The van der Waals surface area contributed by atoms with Gasteiger partial charge in [0.15, 0.2) is 0 Å². The minimum atomic E-state index is -0.828. The van der Waals surface area contributed by atoms with E-state index in [-0.39, 0.29) is 48.2 Å². The molecule has 7 nitrogen and oxygen atoms in total. The Kier molecular flexibility index (Phi) is 9.56. The Morgan fingerprint density at radius 3 is 2.58 bits per heavy atom. The standard InChI is InChI=1S/C25H35ClN2O5/c1-2-3-6-13-27-24(31)19(15-26)28-25(32)23-18(20-10-11-21(23)33-20)14-17-8-5-4-7-16(17)9-12-22(29)30/h4-5,7-8,18-21,23H,2-3,6,9-15H2,1H3,(H,27,31)(H,28,32)(H,29,30)/t18-,19?,20-,21+,23-/m0/s1. The Morgan fingerprint density at radius 1 is 1.15 bits per heavy atom. The summed E-state index contributed by atoms with van der Waals surface area (Å²) in [5.41, 5.74) is 2.05. The van der Waals surface area contributed by atoms with Crippen molar-refractivity contribution < 1.29 is 24.2 Å². The van der Waals surface area contributed by atoms with Gasteiger partial charge in [0.1, 0.15) is 6.04 Å². The van der Waals surface area contributed by atoms with Gasteiger partial charge in [-0.2, -0.15) is 0 Å². The van der Waals surface area contributed by atoms with Gasteiger partial charge in [-0.3, -0.25) is 14.4 Å². The van der Waals surface area contributed by atoms with Gasteiger partial charge in [-0.15, -0.1) is 11.6 Å². The lowest BCUT2D eigenvalue weighted by Crippen LogP contribution is -2.52. The number of amides is 2. The topological polar surface area (TPSA) is 105 Å². The fraction of sp³-hybridized carbons (Fsp3) is 0.640. The second-order valence-corrected chi connectivity index (χ2v) is 9.37. The zero-order valence-corrected chi connectivity index (χ0v) is 20.0. The van der Waals surface area contributed by atoms with Gasteiger partial charge in [0.25, 0.3) is 0 Å². The summed E-state index contributed by atoms with van der Waals surface area (Å²) in [4.78, 5) is 36.8. The first-order valence-electron chi connectivity index (χ1n) is 12.0. The predicted octanol–water partition coefficient (Wildman–Crippen LogP) is 3.07. The maximum Gasteiger partial charge on any atom is 0.303 e. The molecule has 8 heteroatoms. The number of carboxylic acids is 1. The number of halogens is 1. The Balaban J connectivity index is 1.66. The third-order valence-electron chi connectivity index (χ3n) is 6.78. The largest absolute Gasteiger partial charge is 0.481 e. The molecular formula is C25H35ClN2O5. The summed E-state index contributed by atoms with van der Waals surface area (Å²) in [6.07, 6.45) is 5.74. The van der Waals surface area contributed by atoms with Gasteiger partial charge < -0.3 is 20.5 Å². The predicted molar refractivity (Wildman–Crippen MR) is 126 cm³/mol. The van der Waals surface area contributed by atoms with E-state index in [0.29, 0.717) is 19.4 Å². The minimum Gasteiger partial charge on any atom is -0.481 e. The van der Waals surface area contributed by atoms with E-state index in [9.17, 15) is 14.4 Å². The lowest BCUT2D eigenvalue weighted by atomic mass is 9.75. The van der Waals surface area contributed by atoms with E-state index < -0.39 is 12.0 Å². The summed E-state index contributed by atoms with van der Waals surface area (Å²) in [5.74, 6) is -1.63. The van der Waals surface area contributed by atoms with Crippen LogP contribution in [0.2, 0.25) is 0 Å². The number of benzene rings is 1. The molecule has 182 valence electrons. The highest BCUT2D eigenvalue weighted by Gasteiger charge is 2.52. The van der Waals surface area contributed by atoms with E-state index in [1.807, 2.05) is 24.3 Å². The van der Waals surface area contributed by atoms with Crippen molar-refractivity contribution in [1.29, 1.82) is 0 Å². The average molecular weight is 479 g/mol. The number of aryl methyl sites for hydroxylation is 1. The molecule has 3 N–H and O–H groups in total. The van der Waals surface area contributed by atoms with Crippen LogP contribution in [-0.4, -0.2) is 53.6 Å². The Hall–Kier alpha value is -2.12. The maximum atomic E-state index is 13.3. The van der Waals surface area contributed by atoms with Crippen LogP contribution in [0.15, 0.2) is 24.3 Å². The van der Waals surface area contributed by atoms with Gasteiger partial charge in [-0.1, -0.05) is 44.0 Å². The van der Waals surface area contributed by atoms with Crippen molar-refractivity contribution >= 4 is 29.4 Å². The summed E-state index contributed by atoms with van der Waals surface area (Å²) in [6.45, 7) is 2.67. The summed E-state index contributed by atoms with van der Waals surface area (Å²) in [6, 6.07) is 7.03. The summed E-state index contributed by atoms with van der Waals surface area (Å²) >= 11 is 6.02. The number of unbranched alkanes of at least 4 members (excludes halogenated alkanes) is 2. The number of carbonyl (C=O) groups excluding carboxylic acids is 2. The van der Waals surface area contributed by atoms with Gasteiger partial charge >= 0.3 is 5.97 Å². The van der Waals surface area contributed by atoms with E-state index in [0.717, 1.165) is 43.2 Å². The van der Waals surface area contributed by atoms with Crippen molar-refractivity contribution in [3.05, 3.63) is 35.4 Å². The van der Waals surface area contributed by atoms with Crippen molar-refractivity contribution in [2.24, 2.45) is 11.8 Å². The van der Waals surface area contributed by atoms with Gasteiger partial charge in [0.2, 0.25) is 11.8 Å². The number of fused-ring (bicyclic) bond motifs is 2. The highest BCUT2D eigenvalue weighted by molar-refractivity contribution is 6.20. The molecule has 0 aliphatic carbocycles. The van der Waals surface area contributed by atoms with E-state index in [1.165, 1.54) is 0 Å². The average Bonchev–Trinajstić information content (AvgIpc) is 3.41. The first kappa shape index (κ1) is 25.5. The van der Waals surface area contributed by atoms with Gasteiger partial charge in [-0.25, -0.2) is 0 Å². The van der Waals surface area contributed by atoms with Crippen molar-refractivity contribution in [2.75, 3.05) is 12.4 Å². The third-order valence-corrected chi connectivity index (χ3v) is 7.09. The van der Waals surface area contributed by atoms with Crippen LogP contribution in [0.25, 0.3) is 0 Å². The zero-order valence-electron chi connectivity index (χ0n) is 19.2. The minimum absolute atomic E-state index is 0.00407. The number of carbonyl (C=O) groups is 3. The second kappa shape index (κ2) is 12.4. The van der Waals surface area contributed by atoms with Crippen LogP contribution in [0.3, 0.4) is 0 Å². The van der Waals surface area contributed by atoms with Crippen LogP contribution in [0.4, 0.5) is 0 Å². The Labute approximate surface area is 200 Å². The molecule has 2 fully saturated rings. The molecule has 2 aliphatic rings. The number of ether oxygens (including phenoxy) is 1. The van der Waals surface area contributed by atoms with Crippen LogP contribution < -0.4 is 10.6 Å². The van der Waals surface area contributed by atoms with Crippen molar-refractivity contribution in [3.8, 4) is 0 Å². The summed E-state index contributed by atoms with van der Waals surface area (Å²) in [7, 11) is 0. The molecule has 0 spiro atoms. The van der Waals surface area contributed by atoms with Crippen molar-refractivity contribution in [3.63, 3.8) is 0 Å². The number of aliphatic carboxylic acids is 1. The summed E-state index contributed by atoms with van der Waals surface area (Å²) in [5, 5.41) is 14.8. The smallest absolute Gasteiger partial charge is 0.303 e. The summed E-state index contributed by atoms with van der Waals surface area (Å²) < 4.78 is 6.11. The number of hydrogen-bond donors (Lipinski definition) is 3. The molecule has 1 aromatic carbocycles. The fourth-order valence-corrected chi connectivity index (χ4v) is 5.26. The Bertz CT molecular complexity index is 833. The van der Waals surface area contributed by atoms with Gasteiger partial charge in [0, 0.05) is 18.9 Å². The van der Waals surface area contributed by atoms with E-state index in [1.54, 1.807) is 0 Å². The molecule has 2 bridgehead atoms. The molecule has 2 heterocycles. The highest BCUT2D eigenvalue weighted by atomic mass is 35.5. The molecule has 5 atom stereocenters. The molecule has 0 radical (unpaired) electrons. The third kappa shape index (κ3) is 6.70. The SMILES string of the molecule is CCCCCNC(=O)C(CCl)NC(=O)[C@H]1[C@@H](Cc2ccccc2CCC(=O)O)[C@@H]2CC[C@H]1O2. The zero-order chi connectivity index (χ0) is 23.8.